The summed E-state index contributed by atoms with van der Waals surface area (Å²) in [6.07, 6.45) is -2.33. The molecule has 0 saturated carbocycles. The van der Waals surface area contributed by atoms with Crippen LogP contribution in [0.3, 0.4) is 0 Å². The first-order valence-electron chi connectivity index (χ1n) is 0.612. The molecule has 0 aromatic carbocycles. The van der Waals surface area contributed by atoms with E-state index in [1.54, 1.807) is 0 Å². The average molecular weight is 317 g/mol. The fourth-order valence-electron chi connectivity index (χ4n) is 0. The predicted octanol–water partition coefficient (Wildman–Crippen LogP) is -12.3. The van der Waals surface area contributed by atoms with Gasteiger partial charge in [-0.1, -0.05) is 0 Å². The first kappa shape index (κ1) is 60.2. The van der Waals surface area contributed by atoms with Crippen molar-refractivity contribution in [3.63, 3.8) is 0 Å². The maximum Gasteiger partial charge on any atom is 2.00 e. The van der Waals surface area contributed by atoms with E-state index in [4.69, 9.17) is 15.0 Å². The summed E-state index contributed by atoms with van der Waals surface area (Å²) < 4.78 is 0. The molecule has 0 aromatic rings. The van der Waals surface area contributed by atoms with Crippen LogP contribution in [-0.4, -0.2) is 71.5 Å². The number of carbonyl (C=O) groups excluding carboxylic acids is 1. The Hall–Kier alpha value is 3.96. The Bertz CT molecular complexity index is 45.6. The van der Waals surface area contributed by atoms with E-state index in [0.717, 1.165) is 0 Å². The van der Waals surface area contributed by atoms with Crippen molar-refractivity contribution >= 4 is 55.0 Å². The minimum atomic E-state index is -2.33. The van der Waals surface area contributed by atoms with Crippen LogP contribution in [0.2, 0.25) is 0 Å². The molecule has 0 aromatic heterocycles. The van der Waals surface area contributed by atoms with Gasteiger partial charge in [0.05, 0.1) is 0 Å². The zero-order valence-corrected chi connectivity index (χ0v) is 16.3. The number of hydrogen-bond acceptors (Lipinski definition) is 6. The molecule has 0 amide bonds. The molecule has 0 aliphatic carbocycles. The van der Waals surface area contributed by atoms with Gasteiger partial charge in [0.1, 0.15) is 0 Å². The van der Waals surface area contributed by atoms with Crippen molar-refractivity contribution in [2.75, 3.05) is 0 Å². The van der Waals surface area contributed by atoms with Crippen molar-refractivity contribution in [2.45, 2.75) is 0 Å². The van der Waals surface area contributed by atoms with Crippen LogP contribution in [0.4, 0.5) is 4.79 Å². The Kier molecular flexibility index (Phi) is 265. The summed E-state index contributed by atoms with van der Waals surface area (Å²) in [6, 6.07) is 0. The molecular weight excluding hydrogens is 314 g/mol. The first-order valence-corrected chi connectivity index (χ1v) is 0.612. The van der Waals surface area contributed by atoms with Crippen LogP contribution < -0.4 is 110 Å². The monoisotopic (exact) mass is 318 g/mol. The fourth-order valence-corrected chi connectivity index (χ4v) is 0. The maximum absolute atomic E-state index is 8.33. The Morgan fingerprint density at radius 3 is 1.00 bits per heavy atom. The molecular formula is CH3BaKLiNaO6. The van der Waals surface area contributed by atoms with E-state index in [2.05, 4.69) is 0 Å². The Balaban J connectivity index is -0.00000000214. The van der Waals surface area contributed by atoms with Gasteiger partial charge in [0, 0.05) is 0 Å². The van der Waals surface area contributed by atoms with Gasteiger partial charge in [0.15, 0.2) is 0 Å². The Morgan fingerprint density at radius 1 is 1.00 bits per heavy atom. The van der Waals surface area contributed by atoms with E-state index >= 15 is 0 Å². The number of carbonyl (C=O) groups is 1. The van der Waals surface area contributed by atoms with E-state index in [0.29, 0.717) is 0 Å². The molecule has 0 aliphatic heterocycles. The molecule has 0 radical (unpaired) electrons. The van der Waals surface area contributed by atoms with Crippen molar-refractivity contribution in [1.82, 2.24) is 0 Å². The van der Waals surface area contributed by atoms with Crippen molar-refractivity contribution < 1.29 is 131 Å². The molecule has 0 spiro atoms. The smallest absolute Gasteiger partial charge is 0.870 e. The van der Waals surface area contributed by atoms with Crippen LogP contribution >= 0.6 is 0 Å². The van der Waals surface area contributed by atoms with Crippen molar-refractivity contribution in [1.29, 1.82) is 0 Å². The summed E-state index contributed by atoms with van der Waals surface area (Å²) in [5.41, 5.74) is 0. The van der Waals surface area contributed by atoms with Gasteiger partial charge in [0.2, 0.25) is 0 Å². The second kappa shape index (κ2) is 48.4. The molecule has 10 heteroatoms. The number of hydrogen-bond donors (Lipinski definition) is 0. The van der Waals surface area contributed by atoms with E-state index in [-0.39, 0.29) is 165 Å². The van der Waals surface area contributed by atoms with Crippen LogP contribution in [0.1, 0.15) is 0 Å². The van der Waals surface area contributed by atoms with E-state index in [1.165, 1.54) is 0 Å². The summed E-state index contributed by atoms with van der Waals surface area (Å²) in [4.78, 5) is 8.33. The van der Waals surface area contributed by atoms with E-state index in [1.807, 2.05) is 0 Å². The first-order chi connectivity index (χ1) is 1.73. The van der Waals surface area contributed by atoms with Crippen LogP contribution in [-0.2, 0) is 0 Å². The fraction of sp³-hybridized carbons (Fsp3) is 0. The van der Waals surface area contributed by atoms with Gasteiger partial charge < -0.3 is 31.4 Å². The summed E-state index contributed by atoms with van der Waals surface area (Å²) in [5.74, 6) is 0. The Labute approximate surface area is 181 Å². The topological polar surface area (TPSA) is 153 Å². The van der Waals surface area contributed by atoms with Gasteiger partial charge in [-0.25, -0.2) is 0 Å². The number of rotatable bonds is 0. The third kappa shape index (κ3) is 128. The molecule has 48 valence electrons. The summed E-state index contributed by atoms with van der Waals surface area (Å²) in [5, 5.41) is 16.7. The van der Waals surface area contributed by atoms with Crippen molar-refractivity contribution in [2.24, 2.45) is 0 Å². The second-order valence-corrected chi connectivity index (χ2v) is 0.250. The predicted molar refractivity (Wildman–Crippen MR) is 17.0 cm³/mol. The molecule has 0 unspecified atom stereocenters. The summed E-state index contributed by atoms with van der Waals surface area (Å²) in [7, 11) is 0. The summed E-state index contributed by atoms with van der Waals surface area (Å²) in [6.45, 7) is 0. The SMILES string of the molecule is O=C([O-])[O-].[Ba+2].[K+].[Li+].[Na+].[OH-].[OH-].[OH-]. The molecule has 0 rings (SSSR count). The minimum Gasteiger partial charge on any atom is -0.870 e. The van der Waals surface area contributed by atoms with Crippen LogP contribution in [0.5, 0.6) is 0 Å². The second-order valence-electron chi connectivity index (χ2n) is 0.250. The molecule has 0 saturated heterocycles. The summed E-state index contributed by atoms with van der Waals surface area (Å²) >= 11 is 0. The normalized spacial score (nSPS) is 2.18. The van der Waals surface area contributed by atoms with Crippen LogP contribution in [0.15, 0.2) is 0 Å². The van der Waals surface area contributed by atoms with Gasteiger partial charge in [-0.3, -0.25) is 0 Å². The van der Waals surface area contributed by atoms with Gasteiger partial charge in [0.25, 0.3) is 0 Å². The van der Waals surface area contributed by atoms with Crippen LogP contribution in [0, 0.1) is 0 Å². The standard InChI is InChI=1S/CH2O3.Ba.K.Li.Na.3H2O/c2-1(3)4;;;;;;;/h(H2,2,3,4);;;;;3*1H2/q;+2;3*+1;;;/p-5. The third-order valence-corrected chi connectivity index (χ3v) is 0. The van der Waals surface area contributed by atoms with Gasteiger partial charge >= 0.3 is 149 Å². The quantitative estimate of drug-likeness (QED) is 0.404. The van der Waals surface area contributed by atoms with E-state index < -0.39 is 6.16 Å². The zero-order chi connectivity index (χ0) is 3.58. The van der Waals surface area contributed by atoms with Gasteiger partial charge in [-0.05, 0) is 6.16 Å². The average Bonchev–Trinajstić information content (AvgIpc) is 0.811. The number of carboxylic acid groups (broad SMARTS) is 2. The van der Waals surface area contributed by atoms with Gasteiger partial charge in [-0.15, -0.1) is 0 Å². The maximum atomic E-state index is 8.33. The zero-order valence-electron chi connectivity index (χ0n) is 6.77. The van der Waals surface area contributed by atoms with Crippen molar-refractivity contribution in [3.05, 3.63) is 0 Å². The van der Waals surface area contributed by atoms with Crippen molar-refractivity contribution in [3.8, 4) is 0 Å². The largest absolute Gasteiger partial charge is 2.00 e. The molecule has 11 heavy (non-hydrogen) atoms. The minimum absolute atomic E-state index is 0. The molecule has 0 aliphatic rings. The van der Waals surface area contributed by atoms with E-state index in [9.17, 15) is 0 Å². The molecule has 3 N–H and O–H groups in total. The van der Waals surface area contributed by atoms with Crippen LogP contribution in [0.25, 0.3) is 0 Å². The molecule has 0 bridgehead atoms. The molecule has 0 heterocycles. The molecule has 0 fully saturated rings. The third-order valence-electron chi connectivity index (χ3n) is 0. The van der Waals surface area contributed by atoms with Gasteiger partial charge in [-0.2, -0.15) is 0 Å². The molecule has 0 atom stereocenters. The molecule has 6 nitrogen and oxygen atoms in total. The Morgan fingerprint density at radius 2 is 1.00 bits per heavy atom.